The number of fused-ring (bicyclic) bond motifs is 2. The lowest BCUT2D eigenvalue weighted by Crippen LogP contribution is -2.50. The van der Waals surface area contributed by atoms with Crippen molar-refractivity contribution in [1.29, 1.82) is 0 Å². The van der Waals surface area contributed by atoms with Gasteiger partial charge < -0.3 is 19.8 Å². The summed E-state index contributed by atoms with van der Waals surface area (Å²) in [4.78, 5) is 35.7. The number of nitrogens with zero attached hydrogens (tertiary/aromatic N) is 2. The van der Waals surface area contributed by atoms with Crippen molar-refractivity contribution in [3.63, 3.8) is 0 Å². The van der Waals surface area contributed by atoms with Crippen LogP contribution in [0.4, 0.5) is 0 Å². The van der Waals surface area contributed by atoms with E-state index in [1.54, 1.807) is 0 Å². The third kappa shape index (κ3) is 3.93. The van der Waals surface area contributed by atoms with Crippen LogP contribution in [0.15, 0.2) is 60.9 Å². The van der Waals surface area contributed by atoms with Gasteiger partial charge in [-0.3, -0.25) is 9.59 Å². The summed E-state index contributed by atoms with van der Waals surface area (Å²) < 4.78 is 0. The average molecular weight is 415 g/mol. The van der Waals surface area contributed by atoms with Gasteiger partial charge in [0.1, 0.15) is 0 Å². The van der Waals surface area contributed by atoms with Crippen molar-refractivity contribution >= 4 is 33.6 Å². The van der Waals surface area contributed by atoms with E-state index in [4.69, 9.17) is 0 Å². The van der Waals surface area contributed by atoms with Gasteiger partial charge in [0.15, 0.2) is 0 Å². The van der Waals surface area contributed by atoms with Crippen molar-refractivity contribution in [2.45, 2.75) is 19.3 Å². The molecule has 1 aliphatic heterocycles. The fraction of sp³-hybridized carbons (Fsp3) is 0.280. The number of piperazine rings is 1. The molecular formula is C25H26N4O2. The highest BCUT2D eigenvalue weighted by molar-refractivity contribution is 5.98. The van der Waals surface area contributed by atoms with Gasteiger partial charge in [0, 0.05) is 67.0 Å². The van der Waals surface area contributed by atoms with Crippen LogP contribution in [0.5, 0.6) is 0 Å². The monoisotopic (exact) mass is 414 g/mol. The van der Waals surface area contributed by atoms with Gasteiger partial charge in [-0.2, -0.15) is 0 Å². The number of benzene rings is 2. The molecule has 1 saturated heterocycles. The number of aryl methyl sites for hydroxylation is 1. The predicted octanol–water partition coefficient (Wildman–Crippen LogP) is 3.96. The van der Waals surface area contributed by atoms with Crippen LogP contribution in [0.25, 0.3) is 21.8 Å². The summed E-state index contributed by atoms with van der Waals surface area (Å²) in [5, 5.41) is 2.33. The summed E-state index contributed by atoms with van der Waals surface area (Å²) in [6, 6.07) is 16.0. The molecule has 6 heteroatoms. The molecule has 2 aromatic heterocycles. The molecule has 5 rings (SSSR count). The fourth-order valence-electron chi connectivity index (χ4n) is 4.45. The Morgan fingerprint density at radius 1 is 0.871 bits per heavy atom. The standard InChI is InChI=1S/C25H26N4O2/c30-24(7-3-4-20-17-27-22-6-2-1-5-21(20)22)28-12-14-29(15-13-28)25(31)19-9-8-18-10-11-26-23(18)16-19/h1-2,5-6,8-11,16-17,26-27H,3-4,7,12-15H2. The van der Waals surface area contributed by atoms with Gasteiger partial charge in [0.05, 0.1) is 0 Å². The largest absolute Gasteiger partial charge is 0.361 e. The Labute approximate surface area is 180 Å². The molecule has 1 aliphatic rings. The highest BCUT2D eigenvalue weighted by Gasteiger charge is 2.24. The zero-order chi connectivity index (χ0) is 21.2. The SMILES string of the molecule is O=C(CCCc1c[nH]c2ccccc12)N1CCN(C(=O)c2ccc3cc[nH]c3c2)CC1. The van der Waals surface area contributed by atoms with Crippen molar-refractivity contribution in [1.82, 2.24) is 19.8 Å². The predicted molar refractivity (Wildman–Crippen MR) is 122 cm³/mol. The minimum atomic E-state index is 0.0305. The number of nitrogens with one attached hydrogen (secondary N) is 2. The fourth-order valence-corrected chi connectivity index (χ4v) is 4.45. The molecule has 0 unspecified atom stereocenters. The van der Waals surface area contributed by atoms with Crippen molar-refractivity contribution in [2.75, 3.05) is 26.2 Å². The summed E-state index contributed by atoms with van der Waals surface area (Å²) in [6.45, 7) is 2.36. The number of carbonyl (C=O) groups is 2. The second-order valence-electron chi connectivity index (χ2n) is 8.17. The minimum absolute atomic E-state index is 0.0305. The molecule has 0 atom stereocenters. The number of amides is 2. The Morgan fingerprint density at radius 3 is 2.55 bits per heavy atom. The molecule has 0 aliphatic carbocycles. The molecule has 4 aromatic rings. The number of aromatic nitrogens is 2. The van der Waals surface area contributed by atoms with Crippen molar-refractivity contribution in [2.24, 2.45) is 0 Å². The van der Waals surface area contributed by atoms with Gasteiger partial charge in [0.25, 0.3) is 5.91 Å². The lowest BCUT2D eigenvalue weighted by Gasteiger charge is -2.35. The number of hydrogen-bond acceptors (Lipinski definition) is 2. The van der Waals surface area contributed by atoms with Crippen molar-refractivity contribution in [3.8, 4) is 0 Å². The zero-order valence-corrected chi connectivity index (χ0v) is 17.4. The average Bonchev–Trinajstić information content (AvgIpc) is 3.45. The molecular weight excluding hydrogens is 388 g/mol. The summed E-state index contributed by atoms with van der Waals surface area (Å²) in [7, 11) is 0. The highest BCUT2D eigenvalue weighted by Crippen LogP contribution is 2.20. The van der Waals surface area contributed by atoms with Crippen LogP contribution in [0, 0.1) is 0 Å². The van der Waals surface area contributed by atoms with Gasteiger partial charge >= 0.3 is 0 Å². The molecule has 2 N–H and O–H groups in total. The van der Waals surface area contributed by atoms with E-state index in [-0.39, 0.29) is 11.8 Å². The number of hydrogen-bond donors (Lipinski definition) is 2. The first kappa shape index (κ1) is 19.4. The molecule has 2 amide bonds. The maximum Gasteiger partial charge on any atom is 0.254 e. The Hall–Kier alpha value is -3.54. The van der Waals surface area contributed by atoms with E-state index in [9.17, 15) is 9.59 Å². The van der Waals surface area contributed by atoms with E-state index in [1.165, 1.54) is 10.9 Å². The second-order valence-corrected chi connectivity index (χ2v) is 8.17. The van der Waals surface area contributed by atoms with Crippen LogP contribution < -0.4 is 0 Å². The van der Waals surface area contributed by atoms with Crippen molar-refractivity contribution in [3.05, 3.63) is 72.1 Å². The van der Waals surface area contributed by atoms with Crippen LogP contribution in [-0.2, 0) is 11.2 Å². The number of aromatic amines is 2. The number of H-pyrrole nitrogens is 2. The number of para-hydroxylation sites is 1. The highest BCUT2D eigenvalue weighted by atomic mass is 16.2. The Balaban J connectivity index is 1.12. The molecule has 2 aromatic carbocycles. The lowest BCUT2D eigenvalue weighted by molar-refractivity contribution is -0.132. The normalized spacial score (nSPS) is 14.5. The first-order chi connectivity index (χ1) is 15.2. The third-order valence-electron chi connectivity index (χ3n) is 6.23. The van der Waals surface area contributed by atoms with Crippen molar-refractivity contribution < 1.29 is 9.59 Å². The number of carbonyl (C=O) groups excluding carboxylic acids is 2. The first-order valence-corrected chi connectivity index (χ1v) is 10.9. The van der Waals surface area contributed by atoms with Gasteiger partial charge in [-0.05, 0) is 48.1 Å². The van der Waals surface area contributed by atoms with Crippen LogP contribution in [-0.4, -0.2) is 57.8 Å². The molecule has 158 valence electrons. The molecule has 0 saturated carbocycles. The molecule has 3 heterocycles. The van der Waals surface area contributed by atoms with E-state index in [0.717, 1.165) is 29.3 Å². The maximum atomic E-state index is 12.9. The Morgan fingerprint density at radius 2 is 1.68 bits per heavy atom. The van der Waals surface area contributed by atoms with Gasteiger partial charge in [0.2, 0.25) is 5.91 Å². The first-order valence-electron chi connectivity index (χ1n) is 10.9. The molecule has 0 spiro atoms. The van der Waals surface area contributed by atoms with Gasteiger partial charge in [-0.25, -0.2) is 0 Å². The molecule has 31 heavy (non-hydrogen) atoms. The molecule has 6 nitrogen and oxygen atoms in total. The maximum absolute atomic E-state index is 12.9. The van der Waals surface area contributed by atoms with E-state index in [2.05, 4.69) is 22.1 Å². The van der Waals surface area contributed by atoms with E-state index < -0.39 is 0 Å². The topological polar surface area (TPSA) is 72.2 Å². The zero-order valence-electron chi connectivity index (χ0n) is 17.4. The summed E-state index contributed by atoms with van der Waals surface area (Å²) >= 11 is 0. The van der Waals surface area contributed by atoms with Crippen LogP contribution >= 0.6 is 0 Å². The Kier molecular flexibility index (Phi) is 5.20. The molecule has 0 bridgehead atoms. The van der Waals surface area contributed by atoms with E-state index in [0.29, 0.717) is 38.2 Å². The van der Waals surface area contributed by atoms with E-state index >= 15 is 0 Å². The van der Waals surface area contributed by atoms with E-state index in [1.807, 2.05) is 58.6 Å². The van der Waals surface area contributed by atoms with Gasteiger partial charge in [-0.1, -0.05) is 24.3 Å². The molecule has 1 fully saturated rings. The summed E-state index contributed by atoms with van der Waals surface area (Å²) in [5.74, 6) is 0.211. The summed E-state index contributed by atoms with van der Waals surface area (Å²) in [6.07, 6.45) is 6.17. The summed E-state index contributed by atoms with van der Waals surface area (Å²) in [5.41, 5.74) is 4.06. The van der Waals surface area contributed by atoms with Crippen LogP contribution in [0.3, 0.4) is 0 Å². The third-order valence-corrected chi connectivity index (χ3v) is 6.23. The molecule has 0 radical (unpaired) electrons. The smallest absolute Gasteiger partial charge is 0.254 e. The second kappa shape index (κ2) is 8.30. The van der Waals surface area contributed by atoms with Crippen LogP contribution in [0.1, 0.15) is 28.8 Å². The van der Waals surface area contributed by atoms with Gasteiger partial charge in [-0.15, -0.1) is 0 Å². The minimum Gasteiger partial charge on any atom is -0.361 e. The number of rotatable bonds is 5. The lowest BCUT2D eigenvalue weighted by atomic mass is 10.1. The van der Waals surface area contributed by atoms with Crippen LogP contribution in [0.2, 0.25) is 0 Å². The quantitative estimate of drug-likeness (QED) is 0.519. The Bertz CT molecular complexity index is 1230.